The second-order valence-electron chi connectivity index (χ2n) is 12.5. The molecule has 2 fully saturated rings. The molecular weight excluding hydrogens is 534 g/mol. The van der Waals surface area contributed by atoms with E-state index >= 15 is 0 Å². The number of benzene rings is 1. The van der Waals surface area contributed by atoms with Crippen LogP contribution in [0.15, 0.2) is 29.2 Å². The number of esters is 1. The number of carbonyl (C=O) groups excluding carboxylic acids is 2. The van der Waals surface area contributed by atoms with Gasteiger partial charge in [0.05, 0.1) is 35.0 Å². The first-order valence-electron chi connectivity index (χ1n) is 13.9. The standard InChI is InChI=1S/C29H39N3O5S2/c1-6-31-13-12-22-23(16-31)38-26(24(22)27(34)37-7-2)30-25(33)19-8-10-21(11-9-19)39(35,36)32-18-29(5)15-20(32)14-28(3,4)17-29/h8-11,20H,6-7,12-18H2,1-5H3,(H,30,33)/p+1/t20?,29-/m1/s1. The molecule has 8 nitrogen and oxygen atoms in total. The average molecular weight is 575 g/mol. The second-order valence-corrected chi connectivity index (χ2v) is 15.4. The van der Waals surface area contributed by atoms with E-state index in [1.807, 2.05) is 0 Å². The van der Waals surface area contributed by atoms with Gasteiger partial charge in [-0.3, -0.25) is 4.79 Å². The van der Waals surface area contributed by atoms with Crippen molar-refractivity contribution in [3.8, 4) is 0 Å². The zero-order valence-electron chi connectivity index (χ0n) is 23.6. The maximum absolute atomic E-state index is 13.6. The number of fused-ring (bicyclic) bond motifs is 3. The van der Waals surface area contributed by atoms with Crippen molar-refractivity contribution in [2.75, 3.05) is 31.6 Å². The van der Waals surface area contributed by atoms with Crippen molar-refractivity contribution in [2.45, 2.75) is 77.8 Å². The summed E-state index contributed by atoms with van der Waals surface area (Å²) < 4.78 is 34.2. The molecule has 5 rings (SSSR count). The molecule has 1 saturated carbocycles. The van der Waals surface area contributed by atoms with E-state index in [1.54, 1.807) is 23.4 Å². The number of thiophene rings is 1. The van der Waals surface area contributed by atoms with Gasteiger partial charge < -0.3 is 15.0 Å². The van der Waals surface area contributed by atoms with Crippen LogP contribution in [0.25, 0.3) is 0 Å². The predicted molar refractivity (Wildman–Crippen MR) is 152 cm³/mol. The van der Waals surface area contributed by atoms with Crippen LogP contribution in [-0.4, -0.2) is 56.9 Å². The van der Waals surface area contributed by atoms with Crippen LogP contribution in [0.2, 0.25) is 0 Å². The monoisotopic (exact) mass is 574 g/mol. The Kier molecular flexibility index (Phi) is 7.45. The van der Waals surface area contributed by atoms with E-state index in [0.717, 1.165) is 55.8 Å². The molecule has 212 valence electrons. The molecule has 1 amide bonds. The zero-order chi connectivity index (χ0) is 28.2. The SMILES string of the molecule is CCOC(=O)c1c(NC(=O)c2ccc(S(=O)(=O)N3C[C@]4(C)CC3CC(C)(C)C4)cc2)sc2c1CC[NH+](CC)C2. The number of hydrogen-bond acceptors (Lipinski definition) is 6. The van der Waals surface area contributed by atoms with Crippen molar-refractivity contribution in [3.63, 3.8) is 0 Å². The number of ether oxygens (including phenoxy) is 1. The highest BCUT2D eigenvalue weighted by Gasteiger charge is 2.53. The van der Waals surface area contributed by atoms with Crippen LogP contribution in [-0.2, 0) is 27.7 Å². The summed E-state index contributed by atoms with van der Waals surface area (Å²) in [5.41, 5.74) is 1.87. The number of quaternary nitrogens is 1. The summed E-state index contributed by atoms with van der Waals surface area (Å²) in [6.07, 6.45) is 3.52. The van der Waals surface area contributed by atoms with E-state index in [1.165, 1.54) is 28.4 Å². The summed E-state index contributed by atoms with van der Waals surface area (Å²) in [7, 11) is -3.68. The van der Waals surface area contributed by atoms with Crippen molar-refractivity contribution in [2.24, 2.45) is 10.8 Å². The lowest BCUT2D eigenvalue weighted by atomic mass is 9.65. The van der Waals surface area contributed by atoms with Crippen LogP contribution in [0.1, 0.15) is 85.0 Å². The van der Waals surface area contributed by atoms with Crippen LogP contribution in [0.5, 0.6) is 0 Å². The second kappa shape index (κ2) is 10.3. The number of amides is 1. The van der Waals surface area contributed by atoms with Crippen LogP contribution in [0, 0.1) is 10.8 Å². The van der Waals surface area contributed by atoms with Gasteiger partial charge in [-0.25, -0.2) is 13.2 Å². The molecule has 2 aromatic rings. The largest absolute Gasteiger partial charge is 0.462 e. The van der Waals surface area contributed by atoms with E-state index in [2.05, 4.69) is 33.0 Å². The number of nitrogens with one attached hydrogen (secondary N) is 2. The highest BCUT2D eigenvalue weighted by molar-refractivity contribution is 7.89. The summed E-state index contributed by atoms with van der Waals surface area (Å²) in [6, 6.07) is 6.15. The normalized spacial score (nSPS) is 26.2. The van der Waals surface area contributed by atoms with Crippen LogP contribution >= 0.6 is 11.3 Å². The fourth-order valence-electron chi connectivity index (χ4n) is 7.12. The minimum absolute atomic E-state index is 0.00311. The van der Waals surface area contributed by atoms with Crippen molar-refractivity contribution in [1.29, 1.82) is 0 Å². The molecule has 2 aliphatic heterocycles. The first-order valence-corrected chi connectivity index (χ1v) is 16.2. The molecule has 1 aliphatic carbocycles. The molecule has 3 heterocycles. The first kappa shape index (κ1) is 28.3. The fourth-order valence-corrected chi connectivity index (χ4v) is 10.2. The first-order chi connectivity index (χ1) is 18.4. The Morgan fingerprint density at radius 1 is 1.15 bits per heavy atom. The molecule has 1 aromatic heterocycles. The number of nitrogens with zero attached hydrogens (tertiary/aromatic N) is 1. The van der Waals surface area contributed by atoms with Gasteiger partial charge in [0.1, 0.15) is 11.5 Å². The maximum Gasteiger partial charge on any atom is 0.341 e. The van der Waals surface area contributed by atoms with E-state index in [0.29, 0.717) is 22.7 Å². The smallest absolute Gasteiger partial charge is 0.341 e. The van der Waals surface area contributed by atoms with Gasteiger partial charge in [-0.15, -0.1) is 11.3 Å². The Bertz CT molecular complexity index is 1380. The highest BCUT2D eigenvalue weighted by Crippen LogP contribution is 2.53. The molecule has 3 aliphatic rings. The molecular formula is C29H40N3O5S2+. The lowest BCUT2D eigenvalue weighted by Gasteiger charge is -2.39. The van der Waals surface area contributed by atoms with Gasteiger partial charge in [-0.05, 0) is 73.8 Å². The number of likely N-dealkylation sites (N-methyl/N-ethyl adjacent to an activating group) is 1. The average Bonchev–Trinajstić information content (AvgIpc) is 3.36. The summed E-state index contributed by atoms with van der Waals surface area (Å²) in [4.78, 5) is 28.8. The lowest BCUT2D eigenvalue weighted by molar-refractivity contribution is -0.913. The van der Waals surface area contributed by atoms with Crippen molar-refractivity contribution in [1.82, 2.24) is 4.31 Å². The minimum Gasteiger partial charge on any atom is -0.462 e. The van der Waals surface area contributed by atoms with Gasteiger partial charge in [0.2, 0.25) is 10.0 Å². The Balaban J connectivity index is 1.36. The Labute approximate surface area is 235 Å². The third kappa shape index (κ3) is 5.40. The topological polar surface area (TPSA) is 97.2 Å². The van der Waals surface area contributed by atoms with Gasteiger partial charge in [-0.2, -0.15) is 4.31 Å². The van der Waals surface area contributed by atoms with E-state index in [4.69, 9.17) is 4.74 Å². The summed E-state index contributed by atoms with van der Waals surface area (Å²) in [5, 5.41) is 3.42. The van der Waals surface area contributed by atoms with Gasteiger partial charge in [0, 0.05) is 24.6 Å². The van der Waals surface area contributed by atoms with Gasteiger partial charge in [0.25, 0.3) is 5.91 Å². The van der Waals surface area contributed by atoms with Crippen molar-refractivity contribution < 1.29 is 27.6 Å². The molecule has 2 unspecified atom stereocenters. The van der Waals surface area contributed by atoms with Crippen LogP contribution < -0.4 is 10.2 Å². The van der Waals surface area contributed by atoms with E-state index in [-0.39, 0.29) is 34.3 Å². The molecule has 2 N–H and O–H groups in total. The Morgan fingerprint density at radius 2 is 1.87 bits per heavy atom. The summed E-state index contributed by atoms with van der Waals surface area (Å²) in [5.74, 6) is -0.798. The van der Waals surface area contributed by atoms with E-state index in [9.17, 15) is 18.0 Å². The van der Waals surface area contributed by atoms with Crippen molar-refractivity contribution in [3.05, 3.63) is 45.8 Å². The van der Waals surface area contributed by atoms with Crippen LogP contribution in [0.3, 0.4) is 0 Å². The maximum atomic E-state index is 13.6. The number of carbonyl (C=O) groups is 2. The van der Waals surface area contributed by atoms with Gasteiger partial charge in [0.15, 0.2) is 0 Å². The lowest BCUT2D eigenvalue weighted by Crippen LogP contribution is -3.11. The molecule has 2 bridgehead atoms. The molecule has 0 radical (unpaired) electrons. The van der Waals surface area contributed by atoms with Crippen molar-refractivity contribution >= 4 is 38.2 Å². The van der Waals surface area contributed by atoms with Gasteiger partial charge in [-0.1, -0.05) is 20.8 Å². The van der Waals surface area contributed by atoms with E-state index < -0.39 is 16.0 Å². The molecule has 10 heteroatoms. The van der Waals surface area contributed by atoms with Crippen LogP contribution in [0.4, 0.5) is 5.00 Å². The third-order valence-corrected chi connectivity index (χ3v) is 11.6. The molecule has 1 saturated heterocycles. The molecule has 1 aromatic carbocycles. The highest BCUT2D eigenvalue weighted by atomic mass is 32.2. The summed E-state index contributed by atoms with van der Waals surface area (Å²) >= 11 is 1.43. The predicted octanol–water partition coefficient (Wildman–Crippen LogP) is 3.73. The number of rotatable bonds is 7. The Morgan fingerprint density at radius 3 is 2.54 bits per heavy atom. The number of sulfonamides is 1. The molecule has 39 heavy (non-hydrogen) atoms. The van der Waals surface area contributed by atoms with Gasteiger partial charge >= 0.3 is 5.97 Å². The Hall–Kier alpha value is -2.27. The fraction of sp³-hybridized carbons (Fsp3) is 0.586. The number of anilines is 1. The zero-order valence-corrected chi connectivity index (χ0v) is 25.2. The third-order valence-electron chi connectivity index (χ3n) is 8.53. The quantitative estimate of drug-likeness (QED) is 0.492. The minimum atomic E-state index is -3.68. The molecule has 3 atom stereocenters. The number of hydrogen-bond donors (Lipinski definition) is 2. The summed E-state index contributed by atoms with van der Waals surface area (Å²) in [6.45, 7) is 14.1. The molecule has 0 spiro atoms.